The highest BCUT2D eigenvalue weighted by Crippen LogP contribution is 2.27. The van der Waals surface area contributed by atoms with Crippen molar-refractivity contribution in [1.82, 2.24) is 9.97 Å². The minimum Gasteiger partial charge on any atom is -0.481 e. The number of piperidine rings is 1. The van der Waals surface area contributed by atoms with Crippen LogP contribution < -0.4 is 9.64 Å². The molecule has 2 aliphatic rings. The molecule has 1 N–H and O–H groups in total. The van der Waals surface area contributed by atoms with E-state index in [1.807, 2.05) is 4.90 Å². The number of rotatable bonds is 4. The van der Waals surface area contributed by atoms with Crippen molar-refractivity contribution in [3.05, 3.63) is 12.4 Å². The summed E-state index contributed by atoms with van der Waals surface area (Å²) >= 11 is 0. The second-order valence-corrected chi connectivity index (χ2v) is 6.87. The zero-order valence-corrected chi connectivity index (χ0v) is 13.6. The lowest BCUT2D eigenvalue weighted by molar-refractivity contribution is -0.142. The molecular weight excluding hydrogens is 294 g/mol. The highest BCUT2D eigenvalue weighted by molar-refractivity contribution is 5.71. The van der Waals surface area contributed by atoms with Crippen molar-refractivity contribution in [2.45, 2.75) is 51.6 Å². The predicted octanol–water partition coefficient (Wildman–Crippen LogP) is 2.74. The van der Waals surface area contributed by atoms with Gasteiger partial charge in [0.25, 0.3) is 0 Å². The molecule has 6 heteroatoms. The Balaban J connectivity index is 1.69. The molecule has 0 spiro atoms. The lowest BCUT2D eigenvalue weighted by atomic mass is 9.90. The Bertz CT molecular complexity index is 546. The van der Waals surface area contributed by atoms with Crippen LogP contribution in [0.1, 0.15) is 45.4 Å². The fourth-order valence-corrected chi connectivity index (χ4v) is 3.62. The van der Waals surface area contributed by atoms with Crippen LogP contribution in [0.5, 0.6) is 5.88 Å². The molecule has 1 aliphatic heterocycles. The summed E-state index contributed by atoms with van der Waals surface area (Å²) in [6, 6.07) is 0. The van der Waals surface area contributed by atoms with Gasteiger partial charge in [-0.25, -0.2) is 0 Å². The maximum absolute atomic E-state index is 11.3. The first-order chi connectivity index (χ1) is 11.1. The Kier molecular flexibility index (Phi) is 4.98. The summed E-state index contributed by atoms with van der Waals surface area (Å²) in [6.45, 7) is 3.38. The molecular formula is C17H25N3O3. The minimum atomic E-state index is -0.732. The molecule has 23 heavy (non-hydrogen) atoms. The molecule has 1 aromatic heterocycles. The standard InChI is InChI=1S/C17H25N3O3/c1-12-7-13(17(21)22)11-20(10-12)15-8-18-9-16(19-15)23-14-5-3-2-4-6-14/h8-9,12-14H,2-7,10-11H2,1H3,(H,21,22). The van der Waals surface area contributed by atoms with Gasteiger partial charge in [-0.15, -0.1) is 0 Å². The molecule has 0 aromatic carbocycles. The molecule has 6 nitrogen and oxygen atoms in total. The Morgan fingerprint density at radius 3 is 2.78 bits per heavy atom. The maximum atomic E-state index is 11.3. The lowest BCUT2D eigenvalue weighted by Crippen LogP contribution is -2.43. The molecule has 0 bridgehead atoms. The van der Waals surface area contributed by atoms with Crippen LogP contribution >= 0.6 is 0 Å². The Morgan fingerprint density at radius 1 is 1.26 bits per heavy atom. The summed E-state index contributed by atoms with van der Waals surface area (Å²) < 4.78 is 5.97. The maximum Gasteiger partial charge on any atom is 0.308 e. The van der Waals surface area contributed by atoms with Crippen molar-refractivity contribution >= 4 is 11.8 Å². The molecule has 0 amide bonds. The van der Waals surface area contributed by atoms with E-state index in [1.165, 1.54) is 19.3 Å². The zero-order valence-electron chi connectivity index (χ0n) is 13.6. The Labute approximate surface area is 136 Å². The number of carboxylic acids is 1. The molecule has 2 heterocycles. The van der Waals surface area contributed by atoms with Crippen molar-refractivity contribution in [3.63, 3.8) is 0 Å². The normalized spacial score (nSPS) is 26.0. The van der Waals surface area contributed by atoms with Crippen LogP contribution in [0, 0.1) is 11.8 Å². The fraction of sp³-hybridized carbons (Fsp3) is 0.706. The van der Waals surface area contributed by atoms with Crippen molar-refractivity contribution < 1.29 is 14.6 Å². The van der Waals surface area contributed by atoms with Crippen molar-refractivity contribution in [1.29, 1.82) is 0 Å². The van der Waals surface area contributed by atoms with E-state index in [4.69, 9.17) is 4.74 Å². The SMILES string of the molecule is CC1CC(C(=O)O)CN(c2cncc(OC3CCCCC3)n2)C1. The number of carbonyl (C=O) groups is 1. The number of ether oxygens (including phenoxy) is 1. The third-order valence-corrected chi connectivity index (χ3v) is 4.77. The van der Waals surface area contributed by atoms with Crippen LogP contribution in [0.25, 0.3) is 0 Å². The molecule has 1 aliphatic carbocycles. The quantitative estimate of drug-likeness (QED) is 0.919. The second kappa shape index (κ2) is 7.15. The van der Waals surface area contributed by atoms with E-state index in [0.29, 0.717) is 18.3 Å². The molecule has 2 unspecified atom stereocenters. The van der Waals surface area contributed by atoms with Gasteiger partial charge in [-0.1, -0.05) is 13.3 Å². The summed E-state index contributed by atoms with van der Waals surface area (Å²) in [7, 11) is 0. The van der Waals surface area contributed by atoms with Gasteiger partial charge in [-0.3, -0.25) is 9.78 Å². The number of hydrogen-bond acceptors (Lipinski definition) is 5. The van der Waals surface area contributed by atoms with Gasteiger partial charge in [-0.05, 0) is 38.0 Å². The smallest absolute Gasteiger partial charge is 0.308 e. The van der Waals surface area contributed by atoms with Gasteiger partial charge in [0.1, 0.15) is 6.10 Å². The summed E-state index contributed by atoms with van der Waals surface area (Å²) in [5.41, 5.74) is 0. The average Bonchev–Trinajstić information content (AvgIpc) is 2.55. The second-order valence-electron chi connectivity index (χ2n) is 6.87. The van der Waals surface area contributed by atoms with Crippen LogP contribution in [-0.2, 0) is 4.79 Å². The number of anilines is 1. The van der Waals surface area contributed by atoms with Crippen LogP contribution in [0.2, 0.25) is 0 Å². The third kappa shape index (κ3) is 4.12. The zero-order chi connectivity index (χ0) is 16.2. The van der Waals surface area contributed by atoms with Gasteiger partial charge >= 0.3 is 5.97 Å². The first kappa shape index (κ1) is 16.0. The first-order valence-corrected chi connectivity index (χ1v) is 8.58. The van der Waals surface area contributed by atoms with E-state index in [2.05, 4.69) is 16.9 Å². The van der Waals surface area contributed by atoms with E-state index in [0.717, 1.165) is 31.6 Å². The van der Waals surface area contributed by atoms with Crippen molar-refractivity contribution in [2.75, 3.05) is 18.0 Å². The summed E-state index contributed by atoms with van der Waals surface area (Å²) in [6.07, 6.45) is 10.2. The van der Waals surface area contributed by atoms with E-state index >= 15 is 0 Å². The molecule has 1 aromatic rings. The predicted molar refractivity (Wildman–Crippen MR) is 86.7 cm³/mol. The monoisotopic (exact) mass is 319 g/mol. The van der Waals surface area contributed by atoms with Crippen molar-refractivity contribution in [3.8, 4) is 5.88 Å². The topological polar surface area (TPSA) is 75.5 Å². The third-order valence-electron chi connectivity index (χ3n) is 4.77. The average molecular weight is 319 g/mol. The van der Waals surface area contributed by atoms with Crippen LogP contribution in [0.15, 0.2) is 12.4 Å². The van der Waals surface area contributed by atoms with Crippen molar-refractivity contribution in [2.24, 2.45) is 11.8 Å². The number of carboxylic acid groups (broad SMARTS) is 1. The summed E-state index contributed by atoms with van der Waals surface area (Å²) in [5, 5.41) is 9.30. The van der Waals surface area contributed by atoms with Crippen LogP contribution in [0.3, 0.4) is 0 Å². The Hall–Kier alpha value is -1.85. The first-order valence-electron chi connectivity index (χ1n) is 8.58. The van der Waals surface area contributed by atoms with Gasteiger partial charge in [-0.2, -0.15) is 4.98 Å². The summed E-state index contributed by atoms with van der Waals surface area (Å²) in [4.78, 5) is 22.2. The van der Waals surface area contributed by atoms with Gasteiger partial charge < -0.3 is 14.7 Å². The van der Waals surface area contributed by atoms with Crippen LogP contribution in [-0.4, -0.2) is 40.2 Å². The number of aromatic nitrogens is 2. The van der Waals surface area contributed by atoms with Gasteiger partial charge in [0.2, 0.25) is 5.88 Å². The van der Waals surface area contributed by atoms with Crippen LogP contribution in [0.4, 0.5) is 5.82 Å². The molecule has 0 radical (unpaired) electrons. The largest absolute Gasteiger partial charge is 0.481 e. The molecule has 1 saturated carbocycles. The fourth-order valence-electron chi connectivity index (χ4n) is 3.62. The van der Waals surface area contributed by atoms with E-state index in [-0.39, 0.29) is 12.0 Å². The van der Waals surface area contributed by atoms with Gasteiger partial charge in [0.15, 0.2) is 5.82 Å². The molecule has 3 rings (SSSR count). The van der Waals surface area contributed by atoms with Gasteiger partial charge in [0, 0.05) is 13.1 Å². The van der Waals surface area contributed by atoms with E-state index in [1.54, 1.807) is 12.4 Å². The number of hydrogen-bond donors (Lipinski definition) is 1. The molecule has 2 fully saturated rings. The highest BCUT2D eigenvalue weighted by atomic mass is 16.5. The number of aliphatic carboxylic acids is 1. The molecule has 1 saturated heterocycles. The van der Waals surface area contributed by atoms with E-state index in [9.17, 15) is 9.90 Å². The summed E-state index contributed by atoms with van der Waals surface area (Å²) in [5.74, 6) is 0.526. The highest BCUT2D eigenvalue weighted by Gasteiger charge is 2.30. The lowest BCUT2D eigenvalue weighted by Gasteiger charge is -2.35. The number of nitrogens with zero attached hydrogens (tertiary/aromatic N) is 3. The molecule has 126 valence electrons. The van der Waals surface area contributed by atoms with E-state index < -0.39 is 5.97 Å². The minimum absolute atomic E-state index is 0.236. The molecule has 2 atom stereocenters. The Morgan fingerprint density at radius 2 is 2.04 bits per heavy atom. The van der Waals surface area contributed by atoms with Gasteiger partial charge in [0.05, 0.1) is 18.3 Å².